The molecule has 0 saturated heterocycles. The third-order valence-corrected chi connectivity index (χ3v) is 7.14. The lowest BCUT2D eigenvalue weighted by atomic mass is 9.66. The maximum Gasteiger partial charge on any atom is 0.316 e. The van der Waals surface area contributed by atoms with Gasteiger partial charge in [0.15, 0.2) is 17.3 Å². The number of hydrogen-bond donors (Lipinski definition) is 1. The lowest BCUT2D eigenvalue weighted by molar-refractivity contribution is -0.153. The van der Waals surface area contributed by atoms with Gasteiger partial charge in [-0.3, -0.25) is 9.59 Å². The van der Waals surface area contributed by atoms with Gasteiger partial charge in [0.2, 0.25) is 5.75 Å². The van der Waals surface area contributed by atoms with Gasteiger partial charge in [0.25, 0.3) is 0 Å². The minimum Gasteiger partial charge on any atom is -0.493 e. The number of nitrogens with one attached hydrogen (secondary N) is 1. The molecule has 2 atom stereocenters. The summed E-state index contributed by atoms with van der Waals surface area (Å²) in [5.74, 6) is -0.237. The van der Waals surface area contributed by atoms with Crippen LogP contribution in [0.5, 0.6) is 17.2 Å². The number of ketones is 1. The Balaban J connectivity index is 1.86. The molecule has 7 nitrogen and oxygen atoms in total. The Bertz CT molecular complexity index is 1010. The van der Waals surface area contributed by atoms with E-state index in [1.807, 2.05) is 12.1 Å². The Hall–Kier alpha value is -2.96. The Morgan fingerprint density at radius 3 is 2.21 bits per heavy atom. The number of esters is 1. The Kier molecular flexibility index (Phi) is 6.65. The molecule has 1 fully saturated rings. The van der Waals surface area contributed by atoms with Crippen LogP contribution in [-0.4, -0.2) is 39.2 Å². The van der Waals surface area contributed by atoms with Crippen LogP contribution in [0.15, 0.2) is 35.7 Å². The number of rotatable bonds is 6. The molecule has 0 spiro atoms. The minimum atomic E-state index is -0.743. The van der Waals surface area contributed by atoms with Gasteiger partial charge in [-0.15, -0.1) is 0 Å². The van der Waals surface area contributed by atoms with Crippen molar-refractivity contribution in [3.63, 3.8) is 0 Å². The fraction of sp³-hybridized carbons (Fsp3) is 0.556. The SMILES string of the molecule is C=C1NC2=C(C(=O)CC(C)(C)C2)C(c2cc(OC)c(OC)c(OC)c2)C1C(=O)OC1CCCC1. The first-order valence-electron chi connectivity index (χ1n) is 11.9. The molecule has 3 aliphatic rings. The molecule has 2 aliphatic carbocycles. The van der Waals surface area contributed by atoms with Crippen LogP contribution in [-0.2, 0) is 14.3 Å². The van der Waals surface area contributed by atoms with Crippen molar-refractivity contribution in [1.29, 1.82) is 0 Å². The largest absolute Gasteiger partial charge is 0.493 e. The fourth-order valence-corrected chi connectivity index (χ4v) is 5.61. The zero-order chi connectivity index (χ0) is 24.6. The molecule has 1 saturated carbocycles. The number of benzene rings is 1. The first-order chi connectivity index (χ1) is 16.2. The van der Waals surface area contributed by atoms with E-state index in [4.69, 9.17) is 18.9 Å². The molecule has 1 aromatic carbocycles. The van der Waals surface area contributed by atoms with Crippen LogP contribution in [0.25, 0.3) is 0 Å². The maximum absolute atomic E-state index is 13.5. The second-order valence-corrected chi connectivity index (χ2v) is 10.2. The molecule has 7 heteroatoms. The molecule has 2 unspecified atom stereocenters. The number of hydrogen-bond acceptors (Lipinski definition) is 7. The van der Waals surface area contributed by atoms with E-state index in [0.717, 1.165) is 36.9 Å². The van der Waals surface area contributed by atoms with E-state index in [1.165, 1.54) is 0 Å². The van der Waals surface area contributed by atoms with Gasteiger partial charge >= 0.3 is 5.97 Å². The Morgan fingerprint density at radius 2 is 1.65 bits per heavy atom. The van der Waals surface area contributed by atoms with Gasteiger partial charge in [0.1, 0.15) is 12.0 Å². The van der Waals surface area contributed by atoms with E-state index in [2.05, 4.69) is 25.7 Å². The van der Waals surface area contributed by atoms with Crippen LogP contribution in [0.4, 0.5) is 0 Å². The molecule has 1 aromatic rings. The molecule has 0 amide bonds. The smallest absolute Gasteiger partial charge is 0.316 e. The predicted molar refractivity (Wildman–Crippen MR) is 128 cm³/mol. The van der Waals surface area contributed by atoms with Crippen molar-refractivity contribution in [3.05, 3.63) is 41.2 Å². The van der Waals surface area contributed by atoms with E-state index in [1.54, 1.807) is 21.3 Å². The molecule has 0 radical (unpaired) electrons. The average Bonchev–Trinajstić information content (AvgIpc) is 3.28. The van der Waals surface area contributed by atoms with E-state index < -0.39 is 11.8 Å². The highest BCUT2D eigenvalue weighted by atomic mass is 16.5. The highest BCUT2D eigenvalue weighted by Gasteiger charge is 2.47. The van der Waals surface area contributed by atoms with Crippen molar-refractivity contribution in [2.75, 3.05) is 21.3 Å². The average molecular weight is 470 g/mol. The quantitative estimate of drug-likeness (QED) is 0.607. The maximum atomic E-state index is 13.5. The second kappa shape index (κ2) is 9.35. The number of carbonyl (C=O) groups excluding carboxylic acids is 2. The van der Waals surface area contributed by atoms with Gasteiger partial charge in [0.05, 0.1) is 21.3 Å². The van der Waals surface area contributed by atoms with Crippen LogP contribution in [0.1, 0.15) is 63.9 Å². The van der Waals surface area contributed by atoms with Crippen LogP contribution >= 0.6 is 0 Å². The third-order valence-electron chi connectivity index (χ3n) is 7.14. The lowest BCUT2D eigenvalue weighted by Crippen LogP contribution is -2.44. The van der Waals surface area contributed by atoms with E-state index >= 15 is 0 Å². The van der Waals surface area contributed by atoms with Crippen molar-refractivity contribution < 1.29 is 28.5 Å². The van der Waals surface area contributed by atoms with Gasteiger partial charge in [-0.2, -0.15) is 0 Å². The summed E-state index contributed by atoms with van der Waals surface area (Å²) in [5.41, 5.74) is 2.54. The summed E-state index contributed by atoms with van der Waals surface area (Å²) in [4.78, 5) is 27.1. The minimum absolute atomic E-state index is 0.0312. The molecular weight excluding hydrogens is 434 g/mol. The molecular formula is C27H35NO6. The van der Waals surface area contributed by atoms with E-state index in [9.17, 15) is 9.59 Å². The van der Waals surface area contributed by atoms with Crippen molar-refractivity contribution in [3.8, 4) is 17.2 Å². The normalized spacial score (nSPS) is 24.4. The zero-order valence-corrected chi connectivity index (χ0v) is 20.8. The van der Waals surface area contributed by atoms with E-state index in [0.29, 0.717) is 41.4 Å². The molecule has 0 aromatic heterocycles. The molecule has 1 heterocycles. The van der Waals surface area contributed by atoms with Gasteiger partial charge in [-0.05, 0) is 55.2 Å². The third kappa shape index (κ3) is 4.40. The summed E-state index contributed by atoms with van der Waals surface area (Å²) in [7, 11) is 4.64. The highest BCUT2D eigenvalue weighted by molar-refractivity contribution is 6.01. The number of ether oxygens (including phenoxy) is 4. The number of Topliss-reactive ketones (excluding diaryl/α,β-unsaturated/α-hetero) is 1. The second-order valence-electron chi connectivity index (χ2n) is 10.2. The van der Waals surface area contributed by atoms with Crippen molar-refractivity contribution in [2.45, 2.75) is 64.4 Å². The highest BCUT2D eigenvalue weighted by Crippen LogP contribution is 2.51. The monoisotopic (exact) mass is 469 g/mol. The standard InChI is InChI=1S/C27H35NO6/c1-15-22(26(30)34-17-9-7-8-10-17)23(24-18(28-15)13-27(2,3)14-19(24)29)16-11-20(31-4)25(33-6)21(12-16)32-5/h11-12,17,22-23,28H,1,7-10,13-14H2,2-6H3. The van der Waals surface area contributed by atoms with Crippen molar-refractivity contribution in [2.24, 2.45) is 11.3 Å². The molecule has 184 valence electrons. The van der Waals surface area contributed by atoms with Gasteiger partial charge < -0.3 is 24.3 Å². The summed E-state index contributed by atoms with van der Waals surface area (Å²) >= 11 is 0. The predicted octanol–water partition coefficient (Wildman–Crippen LogP) is 4.66. The molecule has 34 heavy (non-hydrogen) atoms. The van der Waals surface area contributed by atoms with Crippen LogP contribution in [0, 0.1) is 11.3 Å². The van der Waals surface area contributed by atoms with Crippen LogP contribution < -0.4 is 19.5 Å². The number of methoxy groups -OCH3 is 3. The molecule has 1 N–H and O–H groups in total. The molecule has 1 aliphatic heterocycles. The van der Waals surface area contributed by atoms with Crippen molar-refractivity contribution in [1.82, 2.24) is 5.32 Å². The van der Waals surface area contributed by atoms with E-state index in [-0.39, 0.29) is 23.3 Å². The number of allylic oxidation sites excluding steroid dienone is 2. The first kappa shape index (κ1) is 24.2. The fourth-order valence-electron chi connectivity index (χ4n) is 5.61. The van der Waals surface area contributed by atoms with Gasteiger partial charge in [0, 0.05) is 29.3 Å². The Morgan fingerprint density at radius 1 is 1.03 bits per heavy atom. The molecule has 0 bridgehead atoms. The van der Waals surface area contributed by atoms with Gasteiger partial charge in [-0.1, -0.05) is 20.4 Å². The molecule has 4 rings (SSSR count). The van der Waals surface area contributed by atoms with Crippen molar-refractivity contribution >= 4 is 11.8 Å². The summed E-state index contributed by atoms with van der Waals surface area (Å²) in [6.07, 6.45) is 4.87. The van der Waals surface area contributed by atoms with Crippen LogP contribution in [0.3, 0.4) is 0 Å². The first-order valence-corrected chi connectivity index (χ1v) is 11.9. The lowest BCUT2D eigenvalue weighted by Gasteiger charge is -2.42. The topological polar surface area (TPSA) is 83.1 Å². The summed E-state index contributed by atoms with van der Waals surface area (Å²) in [6.45, 7) is 8.36. The van der Waals surface area contributed by atoms with Crippen LogP contribution in [0.2, 0.25) is 0 Å². The summed E-state index contributed by atoms with van der Waals surface area (Å²) in [6, 6.07) is 3.64. The summed E-state index contributed by atoms with van der Waals surface area (Å²) in [5, 5.41) is 3.32. The summed E-state index contributed by atoms with van der Waals surface area (Å²) < 4.78 is 22.6. The Labute approximate surface area is 201 Å². The number of carbonyl (C=O) groups is 2. The zero-order valence-electron chi connectivity index (χ0n) is 20.8. The van der Waals surface area contributed by atoms with Gasteiger partial charge in [-0.25, -0.2) is 0 Å².